The molecule has 0 bridgehead atoms. The van der Waals surface area contributed by atoms with Gasteiger partial charge in [0.2, 0.25) is 5.91 Å². The Bertz CT molecular complexity index is 905. The predicted molar refractivity (Wildman–Crippen MR) is 108 cm³/mol. The lowest BCUT2D eigenvalue weighted by Crippen LogP contribution is -2.14. The summed E-state index contributed by atoms with van der Waals surface area (Å²) < 4.78 is 10.5. The number of thioether (sulfide) groups is 1. The number of ether oxygens (including phenoxy) is 2. The van der Waals surface area contributed by atoms with Gasteiger partial charge in [-0.2, -0.15) is 0 Å². The van der Waals surface area contributed by atoms with Crippen molar-refractivity contribution in [1.29, 1.82) is 0 Å². The minimum absolute atomic E-state index is 0.0568. The predicted octanol–water partition coefficient (Wildman–Crippen LogP) is 4.73. The second-order valence-electron chi connectivity index (χ2n) is 5.75. The summed E-state index contributed by atoms with van der Waals surface area (Å²) in [5.74, 6) is 2.37. The van der Waals surface area contributed by atoms with E-state index in [9.17, 15) is 4.79 Å². The van der Waals surface area contributed by atoms with E-state index in [4.69, 9.17) is 9.47 Å². The molecule has 5 heteroatoms. The molecule has 0 saturated carbocycles. The molecule has 0 aliphatic carbocycles. The Labute approximate surface area is 157 Å². The summed E-state index contributed by atoms with van der Waals surface area (Å²) in [5, 5.41) is 5.35. The number of methoxy groups -OCH3 is 2. The zero-order valence-electron chi connectivity index (χ0n) is 14.8. The molecule has 1 amide bonds. The Balaban J connectivity index is 1.59. The van der Waals surface area contributed by atoms with Gasteiger partial charge in [0.25, 0.3) is 0 Å². The van der Waals surface area contributed by atoms with Crippen molar-refractivity contribution in [3.63, 3.8) is 0 Å². The molecule has 3 aromatic rings. The van der Waals surface area contributed by atoms with E-state index >= 15 is 0 Å². The van der Waals surface area contributed by atoms with Crippen LogP contribution in [-0.2, 0) is 10.5 Å². The molecule has 0 unspecified atom stereocenters. The summed E-state index contributed by atoms with van der Waals surface area (Å²) in [5.41, 5.74) is 1.88. The quantitative estimate of drug-likeness (QED) is 0.656. The van der Waals surface area contributed by atoms with Crippen molar-refractivity contribution in [2.45, 2.75) is 5.75 Å². The Hall–Kier alpha value is -2.66. The van der Waals surface area contributed by atoms with Gasteiger partial charge in [-0.15, -0.1) is 11.8 Å². The number of benzene rings is 3. The highest BCUT2D eigenvalue weighted by Gasteiger charge is 2.09. The number of rotatable bonds is 7. The lowest BCUT2D eigenvalue weighted by atomic mass is 10.1. The van der Waals surface area contributed by atoms with Crippen LogP contribution < -0.4 is 14.8 Å². The van der Waals surface area contributed by atoms with E-state index < -0.39 is 0 Å². The standard InChI is InChI=1S/C21H21NO3S/c1-24-17-10-11-19(20(12-17)25-2)22-21(23)14-26-13-16-8-5-7-15-6-3-4-9-18(15)16/h3-12H,13-14H2,1-2H3,(H,22,23). The Morgan fingerprint density at radius 1 is 1.00 bits per heavy atom. The highest BCUT2D eigenvalue weighted by atomic mass is 32.2. The van der Waals surface area contributed by atoms with Gasteiger partial charge >= 0.3 is 0 Å². The molecule has 0 heterocycles. The second kappa shape index (κ2) is 8.63. The lowest BCUT2D eigenvalue weighted by Gasteiger charge is -2.12. The summed E-state index contributed by atoms with van der Waals surface area (Å²) in [4.78, 5) is 12.3. The highest BCUT2D eigenvalue weighted by molar-refractivity contribution is 7.99. The van der Waals surface area contributed by atoms with Gasteiger partial charge in [0.1, 0.15) is 11.5 Å². The Morgan fingerprint density at radius 3 is 2.62 bits per heavy atom. The Morgan fingerprint density at radius 2 is 1.81 bits per heavy atom. The van der Waals surface area contributed by atoms with Gasteiger partial charge in [-0.25, -0.2) is 0 Å². The first-order valence-electron chi connectivity index (χ1n) is 8.27. The summed E-state index contributed by atoms with van der Waals surface area (Å²) in [6.45, 7) is 0. The lowest BCUT2D eigenvalue weighted by molar-refractivity contribution is -0.113. The van der Waals surface area contributed by atoms with Crippen molar-refractivity contribution in [3.8, 4) is 11.5 Å². The van der Waals surface area contributed by atoms with E-state index in [1.54, 1.807) is 44.2 Å². The number of amides is 1. The van der Waals surface area contributed by atoms with Crippen molar-refractivity contribution in [3.05, 3.63) is 66.2 Å². The van der Waals surface area contributed by atoms with E-state index in [2.05, 4.69) is 35.6 Å². The molecule has 26 heavy (non-hydrogen) atoms. The number of hydrogen-bond acceptors (Lipinski definition) is 4. The third-order valence-corrected chi connectivity index (χ3v) is 5.03. The third kappa shape index (κ3) is 4.29. The van der Waals surface area contributed by atoms with Crippen LogP contribution in [0.4, 0.5) is 5.69 Å². The molecule has 0 radical (unpaired) electrons. The second-order valence-corrected chi connectivity index (χ2v) is 6.73. The summed E-state index contributed by atoms with van der Waals surface area (Å²) in [7, 11) is 3.16. The van der Waals surface area contributed by atoms with Gasteiger partial charge in [0, 0.05) is 11.8 Å². The number of anilines is 1. The molecule has 134 valence electrons. The van der Waals surface area contributed by atoms with Crippen molar-refractivity contribution in [1.82, 2.24) is 0 Å². The van der Waals surface area contributed by atoms with Crippen LogP contribution >= 0.6 is 11.8 Å². The van der Waals surface area contributed by atoms with Gasteiger partial charge in [0.15, 0.2) is 0 Å². The molecule has 0 saturated heterocycles. The van der Waals surface area contributed by atoms with Crippen molar-refractivity contribution in [2.24, 2.45) is 0 Å². The zero-order chi connectivity index (χ0) is 18.4. The molecular formula is C21H21NO3S. The molecule has 0 aliphatic rings. The molecule has 3 rings (SSSR count). The van der Waals surface area contributed by atoms with Crippen LogP contribution in [0.1, 0.15) is 5.56 Å². The molecule has 1 N–H and O–H groups in total. The molecule has 0 aromatic heterocycles. The number of fused-ring (bicyclic) bond motifs is 1. The minimum atomic E-state index is -0.0568. The van der Waals surface area contributed by atoms with Crippen molar-refractivity contribution >= 4 is 34.1 Å². The van der Waals surface area contributed by atoms with Crippen molar-refractivity contribution < 1.29 is 14.3 Å². The maximum atomic E-state index is 12.3. The van der Waals surface area contributed by atoms with Crippen LogP contribution in [0, 0.1) is 0 Å². The molecule has 0 fully saturated rings. The number of carbonyl (C=O) groups is 1. The average Bonchev–Trinajstić information content (AvgIpc) is 2.68. The SMILES string of the molecule is COc1ccc(NC(=O)CSCc2cccc3ccccc23)c(OC)c1. The smallest absolute Gasteiger partial charge is 0.234 e. The highest BCUT2D eigenvalue weighted by Crippen LogP contribution is 2.29. The fourth-order valence-electron chi connectivity index (χ4n) is 2.76. The van der Waals surface area contributed by atoms with Gasteiger partial charge in [-0.3, -0.25) is 4.79 Å². The molecule has 0 aliphatic heterocycles. The maximum absolute atomic E-state index is 12.3. The largest absolute Gasteiger partial charge is 0.497 e. The van der Waals surface area contributed by atoms with E-state index in [0.29, 0.717) is 22.9 Å². The van der Waals surface area contributed by atoms with Gasteiger partial charge < -0.3 is 14.8 Å². The Kier molecular flexibility index (Phi) is 6.02. The van der Waals surface area contributed by atoms with Crippen LogP contribution in [0.3, 0.4) is 0 Å². The van der Waals surface area contributed by atoms with Crippen LogP contribution in [-0.4, -0.2) is 25.9 Å². The molecule has 3 aromatic carbocycles. The van der Waals surface area contributed by atoms with E-state index in [1.165, 1.54) is 16.3 Å². The van der Waals surface area contributed by atoms with E-state index in [0.717, 1.165) is 5.75 Å². The normalized spacial score (nSPS) is 10.5. The average molecular weight is 367 g/mol. The number of hydrogen-bond donors (Lipinski definition) is 1. The van der Waals surface area contributed by atoms with Gasteiger partial charge in [0.05, 0.1) is 25.7 Å². The summed E-state index contributed by atoms with van der Waals surface area (Å²) in [6.07, 6.45) is 0. The first kappa shape index (κ1) is 18.1. The zero-order valence-corrected chi connectivity index (χ0v) is 15.6. The maximum Gasteiger partial charge on any atom is 0.234 e. The number of nitrogens with one attached hydrogen (secondary N) is 1. The fourth-order valence-corrected chi connectivity index (χ4v) is 3.59. The van der Waals surface area contributed by atoms with E-state index in [1.807, 2.05) is 12.1 Å². The molecule has 4 nitrogen and oxygen atoms in total. The van der Waals surface area contributed by atoms with Crippen LogP contribution in [0.15, 0.2) is 60.7 Å². The summed E-state index contributed by atoms with van der Waals surface area (Å²) in [6, 6.07) is 19.9. The number of carbonyl (C=O) groups excluding carboxylic acids is 1. The molecule has 0 spiro atoms. The van der Waals surface area contributed by atoms with Gasteiger partial charge in [-0.1, -0.05) is 42.5 Å². The van der Waals surface area contributed by atoms with E-state index in [-0.39, 0.29) is 5.91 Å². The third-order valence-electron chi connectivity index (χ3n) is 4.05. The van der Waals surface area contributed by atoms with Crippen LogP contribution in [0.2, 0.25) is 0 Å². The van der Waals surface area contributed by atoms with Crippen LogP contribution in [0.5, 0.6) is 11.5 Å². The molecular weight excluding hydrogens is 346 g/mol. The first-order chi connectivity index (χ1) is 12.7. The van der Waals surface area contributed by atoms with Gasteiger partial charge in [-0.05, 0) is 28.5 Å². The van der Waals surface area contributed by atoms with Crippen LogP contribution in [0.25, 0.3) is 10.8 Å². The topological polar surface area (TPSA) is 47.6 Å². The van der Waals surface area contributed by atoms with Crippen molar-refractivity contribution in [2.75, 3.05) is 25.3 Å². The first-order valence-corrected chi connectivity index (χ1v) is 9.43. The molecule has 0 atom stereocenters. The fraction of sp³-hybridized carbons (Fsp3) is 0.190. The monoisotopic (exact) mass is 367 g/mol. The minimum Gasteiger partial charge on any atom is -0.497 e. The summed E-state index contributed by atoms with van der Waals surface area (Å²) >= 11 is 1.59.